The molecule has 2 atom stereocenters. The van der Waals surface area contributed by atoms with Gasteiger partial charge < -0.3 is 20.1 Å². The van der Waals surface area contributed by atoms with E-state index in [0.717, 1.165) is 57.8 Å². The summed E-state index contributed by atoms with van der Waals surface area (Å²) in [5, 5.41) is 0. The standard InChI is InChI=1S/C42H80NO8P/c1-3-5-7-9-11-13-15-17-18-19-20-21-22-23-25-27-29-31-33-35-42(45)51-40(39-50-52(46,47)49-37-36-43)38-48-41(44)34-32-30-28-26-24-16-14-12-10-8-6-4-2/h12,14,17-18,40H,3-11,13,15-16,19-39,43H2,1-2H3,(H,46,47)/b14-12-,18-17-. The van der Waals surface area contributed by atoms with Gasteiger partial charge in [0.2, 0.25) is 0 Å². The van der Waals surface area contributed by atoms with Crippen molar-refractivity contribution in [1.29, 1.82) is 0 Å². The van der Waals surface area contributed by atoms with Crippen LogP contribution >= 0.6 is 7.82 Å². The number of carbonyl (C=O) groups is 2. The summed E-state index contributed by atoms with van der Waals surface area (Å²) in [6, 6.07) is 0. The SMILES string of the molecule is CCCCC/C=C\CCCCCCCC(=O)OCC(COP(=O)(O)OCCN)OC(=O)CCCCCCCCCCC/C=C\CCCCCCCC. The predicted molar refractivity (Wildman–Crippen MR) is 215 cm³/mol. The van der Waals surface area contributed by atoms with Gasteiger partial charge in [0.1, 0.15) is 6.61 Å². The molecule has 306 valence electrons. The molecule has 0 spiro atoms. The molecule has 0 rings (SSSR count). The van der Waals surface area contributed by atoms with Gasteiger partial charge in [-0.2, -0.15) is 0 Å². The molecule has 0 aliphatic heterocycles. The fourth-order valence-corrected chi connectivity index (χ4v) is 6.62. The third-order valence-electron chi connectivity index (χ3n) is 9.06. The Hall–Kier alpha value is -1.51. The summed E-state index contributed by atoms with van der Waals surface area (Å²) in [7, 11) is -4.37. The molecule has 10 heteroatoms. The van der Waals surface area contributed by atoms with Gasteiger partial charge in [-0.3, -0.25) is 18.6 Å². The molecule has 0 amide bonds. The van der Waals surface area contributed by atoms with Crippen LogP contribution in [0.15, 0.2) is 24.3 Å². The van der Waals surface area contributed by atoms with E-state index in [9.17, 15) is 19.0 Å². The molecule has 0 radical (unpaired) electrons. The minimum Gasteiger partial charge on any atom is -0.462 e. The van der Waals surface area contributed by atoms with E-state index in [-0.39, 0.29) is 32.6 Å². The molecule has 0 aromatic heterocycles. The summed E-state index contributed by atoms with van der Waals surface area (Å²) in [5.74, 6) is -0.838. The highest BCUT2D eigenvalue weighted by molar-refractivity contribution is 7.47. The van der Waals surface area contributed by atoms with Crippen LogP contribution < -0.4 is 5.73 Å². The van der Waals surface area contributed by atoms with Crippen molar-refractivity contribution in [2.24, 2.45) is 5.73 Å². The highest BCUT2D eigenvalue weighted by Gasteiger charge is 2.26. The first kappa shape index (κ1) is 50.5. The second-order valence-corrected chi connectivity index (χ2v) is 15.7. The highest BCUT2D eigenvalue weighted by atomic mass is 31.2. The smallest absolute Gasteiger partial charge is 0.462 e. The Morgan fingerprint density at radius 1 is 0.558 bits per heavy atom. The van der Waals surface area contributed by atoms with E-state index in [1.807, 2.05) is 0 Å². The molecule has 9 nitrogen and oxygen atoms in total. The van der Waals surface area contributed by atoms with E-state index < -0.39 is 32.5 Å². The molecular weight excluding hydrogens is 677 g/mol. The van der Waals surface area contributed by atoms with Gasteiger partial charge >= 0.3 is 19.8 Å². The number of carbonyl (C=O) groups excluding carboxylic acids is 2. The monoisotopic (exact) mass is 758 g/mol. The fourth-order valence-electron chi connectivity index (χ4n) is 5.86. The van der Waals surface area contributed by atoms with E-state index in [0.29, 0.717) is 6.42 Å². The third kappa shape index (κ3) is 38.2. The number of unbranched alkanes of at least 4 members (excludes halogenated alkanes) is 23. The molecule has 0 aliphatic carbocycles. The average molecular weight is 758 g/mol. The van der Waals surface area contributed by atoms with Crippen LogP contribution in [0.3, 0.4) is 0 Å². The third-order valence-corrected chi connectivity index (χ3v) is 10.0. The van der Waals surface area contributed by atoms with Gasteiger partial charge in [0.25, 0.3) is 0 Å². The van der Waals surface area contributed by atoms with Gasteiger partial charge in [0.15, 0.2) is 6.10 Å². The molecular formula is C42H80NO8P. The minimum absolute atomic E-state index is 0.0529. The second kappa shape index (κ2) is 39.2. The van der Waals surface area contributed by atoms with Crippen LogP contribution in [0.1, 0.15) is 200 Å². The molecule has 0 bridgehead atoms. The van der Waals surface area contributed by atoms with Gasteiger partial charge in [-0.25, -0.2) is 4.57 Å². The lowest BCUT2D eigenvalue weighted by molar-refractivity contribution is -0.161. The normalized spacial score (nSPS) is 13.5. The van der Waals surface area contributed by atoms with Crippen molar-refractivity contribution in [2.45, 2.75) is 206 Å². The summed E-state index contributed by atoms with van der Waals surface area (Å²) in [4.78, 5) is 34.8. The maximum atomic E-state index is 12.6. The lowest BCUT2D eigenvalue weighted by Crippen LogP contribution is -2.29. The Morgan fingerprint density at radius 2 is 0.942 bits per heavy atom. The van der Waals surface area contributed by atoms with Crippen LogP contribution in [0, 0.1) is 0 Å². The van der Waals surface area contributed by atoms with Gasteiger partial charge in [-0.15, -0.1) is 0 Å². The maximum Gasteiger partial charge on any atom is 0.472 e. The zero-order valence-corrected chi connectivity index (χ0v) is 34.4. The number of allylic oxidation sites excluding steroid dienone is 4. The van der Waals surface area contributed by atoms with Crippen molar-refractivity contribution in [1.82, 2.24) is 0 Å². The lowest BCUT2D eigenvalue weighted by atomic mass is 10.1. The molecule has 0 aliphatic rings. The van der Waals surface area contributed by atoms with Crippen LogP contribution in [0.2, 0.25) is 0 Å². The van der Waals surface area contributed by atoms with Crippen LogP contribution in [0.5, 0.6) is 0 Å². The lowest BCUT2D eigenvalue weighted by Gasteiger charge is -2.19. The zero-order valence-electron chi connectivity index (χ0n) is 33.6. The van der Waals surface area contributed by atoms with Gasteiger partial charge in [0, 0.05) is 19.4 Å². The molecule has 2 unspecified atom stereocenters. The van der Waals surface area contributed by atoms with Crippen molar-refractivity contribution >= 4 is 19.8 Å². The molecule has 0 aromatic carbocycles. The maximum absolute atomic E-state index is 12.6. The van der Waals surface area contributed by atoms with E-state index in [1.54, 1.807) is 0 Å². The summed E-state index contributed by atoms with van der Waals surface area (Å²) in [5.41, 5.74) is 5.34. The van der Waals surface area contributed by atoms with Crippen LogP contribution in [-0.2, 0) is 32.7 Å². The first-order chi connectivity index (χ1) is 25.3. The van der Waals surface area contributed by atoms with Crippen molar-refractivity contribution < 1.29 is 37.6 Å². The number of esters is 2. The first-order valence-electron chi connectivity index (χ1n) is 21.3. The Kier molecular flexibility index (Phi) is 38.1. The summed E-state index contributed by atoms with van der Waals surface area (Å²) >= 11 is 0. The van der Waals surface area contributed by atoms with E-state index in [4.69, 9.17) is 24.3 Å². The van der Waals surface area contributed by atoms with Gasteiger partial charge in [-0.05, 0) is 64.2 Å². The average Bonchev–Trinajstić information content (AvgIpc) is 3.13. The van der Waals surface area contributed by atoms with Crippen LogP contribution in [0.25, 0.3) is 0 Å². The van der Waals surface area contributed by atoms with Gasteiger partial charge in [0.05, 0.1) is 13.2 Å². The van der Waals surface area contributed by atoms with Crippen molar-refractivity contribution in [3.8, 4) is 0 Å². The van der Waals surface area contributed by atoms with Crippen molar-refractivity contribution in [2.75, 3.05) is 26.4 Å². The van der Waals surface area contributed by atoms with Crippen molar-refractivity contribution in [3.63, 3.8) is 0 Å². The molecule has 0 fully saturated rings. The molecule has 0 aromatic rings. The zero-order chi connectivity index (χ0) is 38.2. The first-order valence-corrected chi connectivity index (χ1v) is 22.8. The predicted octanol–water partition coefficient (Wildman–Crippen LogP) is 12.0. The molecule has 0 heterocycles. The largest absolute Gasteiger partial charge is 0.472 e. The number of phosphoric ester groups is 1. The van der Waals surface area contributed by atoms with Gasteiger partial charge in [-0.1, -0.05) is 147 Å². The Labute approximate surface area is 319 Å². The Morgan fingerprint density at radius 3 is 1.40 bits per heavy atom. The summed E-state index contributed by atoms with van der Waals surface area (Å²) < 4.78 is 32.7. The Balaban J connectivity index is 4.13. The summed E-state index contributed by atoms with van der Waals surface area (Å²) in [6.07, 6.45) is 40.6. The summed E-state index contributed by atoms with van der Waals surface area (Å²) in [6.45, 7) is 3.70. The van der Waals surface area contributed by atoms with E-state index >= 15 is 0 Å². The fraction of sp³-hybridized carbons (Fsp3) is 0.857. The molecule has 52 heavy (non-hydrogen) atoms. The molecule has 0 saturated carbocycles. The number of nitrogens with two attached hydrogens (primary N) is 1. The van der Waals surface area contributed by atoms with Crippen LogP contribution in [-0.4, -0.2) is 49.3 Å². The number of rotatable bonds is 40. The van der Waals surface area contributed by atoms with E-state index in [2.05, 4.69) is 38.2 Å². The number of ether oxygens (including phenoxy) is 2. The molecule has 3 N–H and O–H groups in total. The van der Waals surface area contributed by atoms with Crippen molar-refractivity contribution in [3.05, 3.63) is 24.3 Å². The topological polar surface area (TPSA) is 134 Å². The number of hydrogen-bond acceptors (Lipinski definition) is 8. The Bertz CT molecular complexity index is 912. The van der Waals surface area contributed by atoms with Crippen LogP contribution in [0.4, 0.5) is 0 Å². The number of phosphoric acid groups is 1. The second-order valence-electron chi connectivity index (χ2n) is 14.2. The molecule has 0 saturated heterocycles. The number of hydrogen-bond donors (Lipinski definition) is 2. The van der Waals surface area contributed by atoms with E-state index in [1.165, 1.54) is 109 Å². The minimum atomic E-state index is -4.37. The highest BCUT2D eigenvalue weighted by Crippen LogP contribution is 2.43. The quantitative estimate of drug-likeness (QED) is 0.0271.